The molecule has 1 heterocycles. The topological polar surface area (TPSA) is 32.3 Å². The van der Waals surface area contributed by atoms with E-state index in [0.717, 1.165) is 61.0 Å². The summed E-state index contributed by atoms with van der Waals surface area (Å²) in [4.78, 5) is 15.5. The first-order valence-electron chi connectivity index (χ1n) is 8.36. The monoisotopic (exact) mass is 482 g/mol. The Bertz CT molecular complexity index is 967. The summed E-state index contributed by atoms with van der Waals surface area (Å²) in [7, 11) is 0. The van der Waals surface area contributed by atoms with Gasteiger partial charge in [-0.05, 0) is 63.1 Å². The maximum atomic E-state index is 13.1. The number of hydrogen-bond donors (Lipinski definition) is 1. The molecule has 3 aromatic rings. The normalized spacial score (nSPS) is 11.6. The molecule has 6 heteroatoms. The minimum absolute atomic E-state index is 0.0803. The van der Waals surface area contributed by atoms with Crippen LogP contribution in [0.2, 0.25) is 0 Å². The van der Waals surface area contributed by atoms with Crippen molar-refractivity contribution in [2.24, 2.45) is 0 Å². The predicted octanol–water partition coefficient (Wildman–Crippen LogP) is 5.69. The molecule has 0 unspecified atom stereocenters. The third-order valence-corrected chi connectivity index (χ3v) is 7.10. The van der Waals surface area contributed by atoms with Crippen LogP contribution in [0.1, 0.15) is 13.8 Å². The molecule has 3 nitrogen and oxygen atoms in total. The third-order valence-electron chi connectivity index (χ3n) is 4.38. The van der Waals surface area contributed by atoms with E-state index in [0.29, 0.717) is 0 Å². The summed E-state index contributed by atoms with van der Waals surface area (Å²) >= 11 is 8.89. The van der Waals surface area contributed by atoms with Gasteiger partial charge in [0.25, 0.3) is 0 Å². The number of hydrogen-bond acceptors (Lipinski definition) is 4. The molecule has 0 saturated carbocycles. The number of rotatable bonds is 6. The minimum Gasteiger partial charge on any atom is -0.382 e. The number of fused-ring (bicyclic) bond motifs is 2. The lowest BCUT2D eigenvalue weighted by Gasteiger charge is -2.19. The summed E-state index contributed by atoms with van der Waals surface area (Å²) < 4.78 is 3.84. The van der Waals surface area contributed by atoms with E-state index in [9.17, 15) is 4.79 Å². The van der Waals surface area contributed by atoms with Crippen molar-refractivity contribution in [3.63, 3.8) is 0 Å². The first-order chi connectivity index (χ1) is 12.1. The van der Waals surface area contributed by atoms with Crippen LogP contribution in [0.15, 0.2) is 44.1 Å². The van der Waals surface area contributed by atoms with Gasteiger partial charge in [0.15, 0.2) is 5.43 Å². The van der Waals surface area contributed by atoms with Crippen LogP contribution < -0.4 is 10.7 Å². The Labute approximate surface area is 168 Å². The highest BCUT2D eigenvalue weighted by Gasteiger charge is 2.16. The van der Waals surface area contributed by atoms with Gasteiger partial charge in [-0.2, -0.15) is 0 Å². The van der Waals surface area contributed by atoms with E-state index in [1.807, 2.05) is 30.3 Å². The van der Waals surface area contributed by atoms with Crippen molar-refractivity contribution in [3.8, 4) is 0 Å². The first-order valence-corrected chi connectivity index (χ1v) is 10.8. The van der Waals surface area contributed by atoms with Crippen LogP contribution in [0, 0.1) is 0 Å². The molecule has 132 valence electrons. The van der Waals surface area contributed by atoms with Crippen molar-refractivity contribution in [1.29, 1.82) is 0 Å². The fourth-order valence-electron chi connectivity index (χ4n) is 2.96. The molecular formula is C19H20Br2N2OS. The van der Waals surface area contributed by atoms with Gasteiger partial charge in [0.1, 0.15) is 0 Å². The van der Waals surface area contributed by atoms with Crippen molar-refractivity contribution in [3.05, 3.63) is 49.5 Å². The number of anilines is 1. The third kappa shape index (κ3) is 3.77. The van der Waals surface area contributed by atoms with Crippen LogP contribution in [0.3, 0.4) is 0 Å². The van der Waals surface area contributed by atoms with Crippen LogP contribution in [-0.2, 0) is 0 Å². The summed E-state index contributed by atoms with van der Waals surface area (Å²) in [5.41, 5.74) is 0.967. The summed E-state index contributed by atoms with van der Waals surface area (Å²) in [6, 6.07) is 9.82. The van der Waals surface area contributed by atoms with Crippen molar-refractivity contribution < 1.29 is 0 Å². The van der Waals surface area contributed by atoms with Gasteiger partial charge < -0.3 is 10.2 Å². The molecule has 0 aliphatic carbocycles. The van der Waals surface area contributed by atoms with Gasteiger partial charge in [0.05, 0.1) is 15.8 Å². The maximum Gasteiger partial charge on any atom is 0.198 e. The molecule has 0 radical (unpaired) electrons. The Kier molecular flexibility index (Phi) is 6.15. The average Bonchev–Trinajstić information content (AvgIpc) is 2.62. The van der Waals surface area contributed by atoms with Crippen molar-refractivity contribution in [2.75, 3.05) is 31.5 Å². The van der Waals surface area contributed by atoms with Gasteiger partial charge in [-0.15, -0.1) is 11.3 Å². The number of nitrogens with one attached hydrogen (secondary N) is 1. The zero-order valence-corrected chi connectivity index (χ0v) is 18.2. The van der Waals surface area contributed by atoms with Gasteiger partial charge in [-0.25, -0.2) is 0 Å². The van der Waals surface area contributed by atoms with Crippen molar-refractivity contribution in [2.45, 2.75) is 13.8 Å². The molecule has 0 fully saturated rings. The Balaban J connectivity index is 2.11. The molecule has 0 amide bonds. The van der Waals surface area contributed by atoms with Crippen LogP contribution >= 0.6 is 43.2 Å². The molecule has 2 aromatic carbocycles. The van der Waals surface area contributed by atoms with E-state index in [1.165, 1.54) is 0 Å². The van der Waals surface area contributed by atoms with Crippen LogP contribution in [-0.4, -0.2) is 31.1 Å². The van der Waals surface area contributed by atoms with Gasteiger partial charge in [-0.3, -0.25) is 4.79 Å². The van der Waals surface area contributed by atoms with Gasteiger partial charge in [0, 0.05) is 32.1 Å². The smallest absolute Gasteiger partial charge is 0.198 e. The van der Waals surface area contributed by atoms with E-state index in [4.69, 9.17) is 0 Å². The molecule has 0 spiro atoms. The lowest BCUT2D eigenvalue weighted by molar-refractivity contribution is 0.316. The SMILES string of the molecule is CCN(CC)CCNc1c(Br)cc(Br)c2sc3ccccc3c(=O)c12. The van der Waals surface area contributed by atoms with Crippen molar-refractivity contribution >= 4 is 69.1 Å². The molecule has 0 saturated heterocycles. The second-order valence-electron chi connectivity index (χ2n) is 5.80. The molecule has 0 atom stereocenters. The van der Waals surface area contributed by atoms with Crippen LogP contribution in [0.5, 0.6) is 0 Å². The second-order valence-corrected chi connectivity index (χ2v) is 8.56. The molecule has 1 N–H and O–H groups in total. The quantitative estimate of drug-likeness (QED) is 0.457. The zero-order chi connectivity index (χ0) is 18.0. The molecule has 0 bridgehead atoms. The van der Waals surface area contributed by atoms with Gasteiger partial charge in [-0.1, -0.05) is 26.0 Å². The van der Waals surface area contributed by atoms with E-state index in [-0.39, 0.29) is 5.43 Å². The number of halogens is 2. The highest BCUT2D eigenvalue weighted by Crippen LogP contribution is 2.39. The number of nitrogens with zero attached hydrogens (tertiary/aromatic N) is 1. The summed E-state index contributed by atoms with van der Waals surface area (Å²) in [6.45, 7) is 8.13. The largest absolute Gasteiger partial charge is 0.382 e. The maximum absolute atomic E-state index is 13.1. The Morgan fingerprint density at radius 3 is 2.56 bits per heavy atom. The summed E-state index contributed by atoms with van der Waals surface area (Å²) in [6.07, 6.45) is 0. The average molecular weight is 484 g/mol. The molecular weight excluding hydrogens is 464 g/mol. The minimum atomic E-state index is 0.0803. The fourth-order valence-corrected chi connectivity index (χ4v) is 5.59. The summed E-state index contributed by atoms with van der Waals surface area (Å²) in [5, 5.41) is 5.01. The highest BCUT2D eigenvalue weighted by atomic mass is 79.9. The van der Waals surface area contributed by atoms with Gasteiger partial charge in [0.2, 0.25) is 0 Å². The van der Waals surface area contributed by atoms with E-state index in [1.54, 1.807) is 11.3 Å². The molecule has 3 rings (SSSR count). The van der Waals surface area contributed by atoms with Crippen LogP contribution in [0.25, 0.3) is 20.2 Å². The van der Waals surface area contributed by atoms with E-state index >= 15 is 0 Å². The Morgan fingerprint density at radius 1 is 1.12 bits per heavy atom. The first kappa shape index (κ1) is 18.8. The zero-order valence-electron chi connectivity index (χ0n) is 14.2. The highest BCUT2D eigenvalue weighted by molar-refractivity contribution is 9.11. The Hall–Kier alpha value is -0.950. The lowest BCUT2D eigenvalue weighted by atomic mass is 10.1. The van der Waals surface area contributed by atoms with Crippen LogP contribution in [0.4, 0.5) is 5.69 Å². The molecule has 0 aliphatic rings. The Morgan fingerprint density at radius 2 is 1.84 bits per heavy atom. The lowest BCUT2D eigenvalue weighted by Crippen LogP contribution is -2.28. The fraction of sp³-hybridized carbons (Fsp3) is 0.316. The summed E-state index contributed by atoms with van der Waals surface area (Å²) in [5.74, 6) is 0. The van der Waals surface area contributed by atoms with Crippen molar-refractivity contribution in [1.82, 2.24) is 4.90 Å². The predicted molar refractivity (Wildman–Crippen MR) is 117 cm³/mol. The molecule has 25 heavy (non-hydrogen) atoms. The number of likely N-dealkylation sites (N-methyl/N-ethyl adjacent to an activating group) is 1. The number of benzene rings is 2. The van der Waals surface area contributed by atoms with E-state index < -0.39 is 0 Å². The standard InChI is InChI=1S/C19H20Br2N2OS/c1-3-23(4-2)10-9-22-17-13(20)11-14(21)19-16(17)18(24)12-7-5-6-8-15(12)25-19/h5-8,11,22H,3-4,9-10H2,1-2H3. The second kappa shape index (κ2) is 8.16. The van der Waals surface area contributed by atoms with E-state index in [2.05, 4.69) is 55.9 Å². The van der Waals surface area contributed by atoms with Gasteiger partial charge >= 0.3 is 0 Å². The molecule has 1 aromatic heterocycles. The molecule has 0 aliphatic heterocycles.